The van der Waals surface area contributed by atoms with Crippen LogP contribution < -0.4 is 0 Å². The predicted octanol–water partition coefficient (Wildman–Crippen LogP) is 11.3. The Kier molecular flexibility index (Phi) is 5.12. The molecule has 216 valence electrons. The highest BCUT2D eigenvalue weighted by Crippen LogP contribution is 2.64. The van der Waals surface area contributed by atoms with Crippen LogP contribution >= 0.6 is 0 Å². The minimum Gasteiger partial charge on any atom is -0.348 e. The molecule has 0 radical (unpaired) electrons. The number of aromatic nitrogens is 1. The van der Waals surface area contributed by atoms with Crippen LogP contribution in [0.2, 0.25) is 0 Å². The molecule has 46 heavy (non-hydrogen) atoms. The van der Waals surface area contributed by atoms with E-state index in [0.717, 1.165) is 0 Å². The van der Waals surface area contributed by atoms with Gasteiger partial charge in [-0.15, -0.1) is 0 Å². The number of benzene rings is 7. The van der Waals surface area contributed by atoms with Crippen LogP contribution in [-0.2, 0) is 12.5 Å². The van der Waals surface area contributed by atoms with E-state index in [1.807, 2.05) is 0 Å². The second-order valence-electron chi connectivity index (χ2n) is 12.9. The maximum Gasteiger partial charge on any atom is 0.0741 e. The van der Waals surface area contributed by atoms with E-state index in [1.165, 1.54) is 94.1 Å². The van der Waals surface area contributed by atoms with E-state index in [2.05, 4.69) is 170 Å². The lowest BCUT2D eigenvalue weighted by Gasteiger charge is -2.30. The van der Waals surface area contributed by atoms with Crippen LogP contribution in [0.5, 0.6) is 0 Å². The third-order valence-electron chi connectivity index (χ3n) is 10.8. The lowest BCUT2D eigenvalue weighted by Crippen LogP contribution is -2.25. The number of hydrogen-bond acceptors (Lipinski definition) is 0. The fourth-order valence-electron chi connectivity index (χ4n) is 8.96. The summed E-state index contributed by atoms with van der Waals surface area (Å²) >= 11 is 0. The zero-order valence-corrected chi connectivity index (χ0v) is 25.9. The minimum atomic E-state index is -0.366. The zero-order valence-electron chi connectivity index (χ0n) is 25.9. The van der Waals surface area contributed by atoms with Crippen molar-refractivity contribution in [3.8, 4) is 44.6 Å². The summed E-state index contributed by atoms with van der Waals surface area (Å²) in [4.78, 5) is 0. The number of aryl methyl sites for hydroxylation is 1. The highest BCUT2D eigenvalue weighted by molar-refractivity contribution is 6.23. The second-order valence-corrected chi connectivity index (χ2v) is 12.9. The van der Waals surface area contributed by atoms with E-state index in [-0.39, 0.29) is 5.41 Å². The SMILES string of the molecule is Cc1cc2c(n1C)-c1ccccc1C21c2ccccc2-c2c(-c3c4ccccc4c(-c4ccccc4)c4ccccc34)cccc21. The van der Waals surface area contributed by atoms with Gasteiger partial charge in [-0.2, -0.15) is 0 Å². The van der Waals surface area contributed by atoms with Gasteiger partial charge in [-0.25, -0.2) is 0 Å². The summed E-state index contributed by atoms with van der Waals surface area (Å²) in [6.45, 7) is 2.24. The van der Waals surface area contributed by atoms with E-state index in [9.17, 15) is 0 Å². The molecular formula is C45H31N. The quantitative estimate of drug-likeness (QED) is 0.178. The molecule has 1 spiro atoms. The molecule has 7 aromatic carbocycles. The number of hydrogen-bond donors (Lipinski definition) is 0. The molecule has 0 N–H and O–H groups in total. The van der Waals surface area contributed by atoms with Gasteiger partial charge in [-0.05, 0) is 90.2 Å². The summed E-state index contributed by atoms with van der Waals surface area (Å²) in [5, 5.41) is 5.14. The second kappa shape index (κ2) is 9.19. The van der Waals surface area contributed by atoms with Gasteiger partial charge in [-0.3, -0.25) is 0 Å². The molecule has 1 atom stereocenters. The van der Waals surface area contributed by atoms with Crippen molar-refractivity contribution in [2.24, 2.45) is 7.05 Å². The molecule has 0 aliphatic heterocycles. The number of fused-ring (bicyclic) bond motifs is 12. The normalized spacial score (nSPS) is 15.7. The van der Waals surface area contributed by atoms with Crippen molar-refractivity contribution in [2.45, 2.75) is 12.3 Å². The molecule has 0 saturated carbocycles. The van der Waals surface area contributed by atoms with E-state index < -0.39 is 0 Å². The molecule has 1 aromatic heterocycles. The number of nitrogens with zero attached hydrogens (tertiary/aromatic N) is 1. The van der Waals surface area contributed by atoms with Crippen LogP contribution in [0.15, 0.2) is 152 Å². The van der Waals surface area contributed by atoms with E-state index >= 15 is 0 Å². The van der Waals surface area contributed by atoms with E-state index in [4.69, 9.17) is 0 Å². The van der Waals surface area contributed by atoms with Crippen LogP contribution in [0.1, 0.15) is 27.9 Å². The Morgan fingerprint density at radius 3 is 1.59 bits per heavy atom. The molecule has 2 aliphatic carbocycles. The lowest BCUT2D eigenvalue weighted by atomic mass is 9.70. The standard InChI is InChI=1S/C45H31N/c1-28-27-40-44(46(28)2)35-22-11-13-25-38(35)45(40)37-24-12-10-21-34(37)43-36(23-14-26-39(43)45)42-32-19-8-6-17-30(32)41(29-15-4-3-5-16-29)31-18-7-9-20-33(31)42/h3-27H,1-2H3. The molecule has 0 fully saturated rings. The van der Waals surface area contributed by atoms with Crippen molar-refractivity contribution < 1.29 is 0 Å². The van der Waals surface area contributed by atoms with Crippen molar-refractivity contribution >= 4 is 21.5 Å². The maximum atomic E-state index is 2.44. The highest BCUT2D eigenvalue weighted by atomic mass is 15.0. The Bertz CT molecular complexity index is 2490. The summed E-state index contributed by atoms with van der Waals surface area (Å²) < 4.78 is 2.39. The third-order valence-corrected chi connectivity index (χ3v) is 10.8. The molecule has 0 bridgehead atoms. The van der Waals surface area contributed by atoms with Crippen molar-refractivity contribution in [1.82, 2.24) is 4.57 Å². The van der Waals surface area contributed by atoms with Crippen LogP contribution in [0.4, 0.5) is 0 Å². The summed E-state index contributed by atoms with van der Waals surface area (Å²) in [5.74, 6) is 0. The first-order valence-corrected chi connectivity index (χ1v) is 16.2. The fourth-order valence-corrected chi connectivity index (χ4v) is 8.96. The average Bonchev–Trinajstić information content (AvgIpc) is 3.69. The van der Waals surface area contributed by atoms with E-state index in [1.54, 1.807) is 0 Å². The Morgan fingerprint density at radius 2 is 0.913 bits per heavy atom. The van der Waals surface area contributed by atoms with Crippen molar-refractivity contribution in [1.29, 1.82) is 0 Å². The number of rotatable bonds is 2. The van der Waals surface area contributed by atoms with Gasteiger partial charge in [0.05, 0.1) is 11.1 Å². The van der Waals surface area contributed by atoms with Crippen molar-refractivity contribution in [3.05, 3.63) is 180 Å². The summed E-state index contributed by atoms with van der Waals surface area (Å²) in [6.07, 6.45) is 0. The Morgan fingerprint density at radius 1 is 0.413 bits per heavy atom. The Hall–Kier alpha value is -5.66. The average molecular weight is 586 g/mol. The molecule has 1 unspecified atom stereocenters. The van der Waals surface area contributed by atoms with Gasteiger partial charge in [0.25, 0.3) is 0 Å². The van der Waals surface area contributed by atoms with Crippen LogP contribution in [0.3, 0.4) is 0 Å². The van der Waals surface area contributed by atoms with Gasteiger partial charge in [0.1, 0.15) is 0 Å². The van der Waals surface area contributed by atoms with Gasteiger partial charge in [0, 0.05) is 18.3 Å². The van der Waals surface area contributed by atoms with Gasteiger partial charge in [0.2, 0.25) is 0 Å². The fraction of sp³-hybridized carbons (Fsp3) is 0.0667. The van der Waals surface area contributed by atoms with Gasteiger partial charge >= 0.3 is 0 Å². The summed E-state index contributed by atoms with van der Waals surface area (Å²) in [7, 11) is 2.22. The van der Waals surface area contributed by atoms with Gasteiger partial charge in [-0.1, -0.05) is 146 Å². The molecular weight excluding hydrogens is 555 g/mol. The topological polar surface area (TPSA) is 4.93 Å². The summed E-state index contributed by atoms with van der Waals surface area (Å²) in [6, 6.07) is 56.6. The molecule has 10 rings (SSSR count). The Labute approximate surface area is 269 Å². The molecule has 0 amide bonds. The molecule has 1 heterocycles. The smallest absolute Gasteiger partial charge is 0.0741 e. The molecule has 8 aromatic rings. The molecule has 0 saturated heterocycles. The first kappa shape index (κ1) is 25.6. The highest BCUT2D eigenvalue weighted by Gasteiger charge is 2.53. The minimum absolute atomic E-state index is 0.366. The molecule has 2 aliphatic rings. The lowest BCUT2D eigenvalue weighted by molar-refractivity contribution is 0.794. The maximum absolute atomic E-state index is 2.44. The Balaban J connectivity index is 1.38. The van der Waals surface area contributed by atoms with E-state index in [0.29, 0.717) is 0 Å². The van der Waals surface area contributed by atoms with Gasteiger partial charge in [0.15, 0.2) is 0 Å². The van der Waals surface area contributed by atoms with Crippen LogP contribution in [0, 0.1) is 6.92 Å². The molecule has 1 nitrogen and oxygen atoms in total. The zero-order chi connectivity index (χ0) is 30.6. The monoisotopic (exact) mass is 585 g/mol. The summed E-state index contributed by atoms with van der Waals surface area (Å²) in [5.41, 5.74) is 17.0. The third kappa shape index (κ3) is 3.05. The predicted molar refractivity (Wildman–Crippen MR) is 192 cm³/mol. The van der Waals surface area contributed by atoms with Crippen LogP contribution in [0.25, 0.3) is 66.2 Å². The largest absolute Gasteiger partial charge is 0.348 e. The first-order valence-electron chi connectivity index (χ1n) is 16.2. The molecule has 1 heteroatoms. The van der Waals surface area contributed by atoms with Crippen molar-refractivity contribution in [3.63, 3.8) is 0 Å². The van der Waals surface area contributed by atoms with Crippen LogP contribution in [-0.4, -0.2) is 4.57 Å². The van der Waals surface area contributed by atoms with Gasteiger partial charge < -0.3 is 4.57 Å². The first-order chi connectivity index (χ1) is 22.7. The van der Waals surface area contributed by atoms with Crippen molar-refractivity contribution in [2.75, 3.05) is 0 Å².